The van der Waals surface area contributed by atoms with E-state index in [2.05, 4.69) is 21.9 Å². The molecule has 0 saturated carbocycles. The molecule has 1 heterocycles. The SMILES string of the molecule is C=C1NC(=O)N[C@H](c2ccc(OCc3ccc(C(=O)OC)cc3)cc2)[C@H]1C(=O)OC. The average molecular weight is 410 g/mol. The van der Waals surface area contributed by atoms with Crippen LogP contribution in [0.1, 0.15) is 27.5 Å². The van der Waals surface area contributed by atoms with Gasteiger partial charge in [0, 0.05) is 5.70 Å². The van der Waals surface area contributed by atoms with Crippen LogP contribution in [0.4, 0.5) is 4.79 Å². The normalized spacial score (nSPS) is 18.1. The third-order valence-corrected chi connectivity index (χ3v) is 4.74. The van der Waals surface area contributed by atoms with Crippen molar-refractivity contribution in [1.82, 2.24) is 10.6 Å². The number of rotatable bonds is 6. The summed E-state index contributed by atoms with van der Waals surface area (Å²) in [5, 5.41) is 5.24. The number of amides is 2. The minimum absolute atomic E-state index is 0.284. The van der Waals surface area contributed by atoms with E-state index in [1.807, 2.05) is 0 Å². The van der Waals surface area contributed by atoms with Crippen molar-refractivity contribution in [1.29, 1.82) is 0 Å². The summed E-state index contributed by atoms with van der Waals surface area (Å²) in [5.74, 6) is -1.01. The zero-order valence-corrected chi connectivity index (χ0v) is 16.6. The lowest BCUT2D eigenvalue weighted by Gasteiger charge is -2.33. The third-order valence-electron chi connectivity index (χ3n) is 4.74. The van der Waals surface area contributed by atoms with Crippen LogP contribution in [0.25, 0.3) is 0 Å². The van der Waals surface area contributed by atoms with E-state index in [4.69, 9.17) is 9.47 Å². The summed E-state index contributed by atoms with van der Waals surface area (Å²) in [7, 11) is 2.62. The van der Waals surface area contributed by atoms with Gasteiger partial charge in [0.25, 0.3) is 0 Å². The summed E-state index contributed by atoms with van der Waals surface area (Å²) < 4.78 is 15.3. The highest BCUT2D eigenvalue weighted by atomic mass is 16.5. The zero-order chi connectivity index (χ0) is 21.7. The molecule has 3 rings (SSSR count). The van der Waals surface area contributed by atoms with E-state index in [1.54, 1.807) is 48.5 Å². The first-order valence-corrected chi connectivity index (χ1v) is 9.17. The molecule has 0 aliphatic carbocycles. The van der Waals surface area contributed by atoms with Gasteiger partial charge in [-0.05, 0) is 35.4 Å². The largest absolute Gasteiger partial charge is 0.489 e. The van der Waals surface area contributed by atoms with Gasteiger partial charge in [-0.1, -0.05) is 30.8 Å². The monoisotopic (exact) mass is 410 g/mol. The van der Waals surface area contributed by atoms with Gasteiger partial charge in [0.1, 0.15) is 18.3 Å². The molecular formula is C22H22N2O6. The molecule has 2 aromatic rings. The first-order chi connectivity index (χ1) is 14.4. The van der Waals surface area contributed by atoms with E-state index in [-0.39, 0.29) is 5.70 Å². The standard InChI is InChI=1S/C22H22N2O6/c1-13-18(21(26)29-3)19(24-22(27)23-13)15-8-10-17(11-9-15)30-12-14-4-6-16(7-5-14)20(25)28-2/h4-11,18-19H,1,12H2,2-3H3,(H2,23,24,27)/t18-,19+/m0/s1. The van der Waals surface area contributed by atoms with Gasteiger partial charge in [-0.3, -0.25) is 4.79 Å². The highest BCUT2D eigenvalue weighted by Gasteiger charge is 2.38. The number of carbonyl (C=O) groups is 3. The van der Waals surface area contributed by atoms with E-state index < -0.39 is 29.9 Å². The van der Waals surface area contributed by atoms with Crippen LogP contribution in [0, 0.1) is 5.92 Å². The van der Waals surface area contributed by atoms with Gasteiger partial charge < -0.3 is 24.8 Å². The molecule has 0 bridgehead atoms. The molecule has 1 aliphatic rings. The number of carbonyl (C=O) groups excluding carboxylic acids is 3. The third kappa shape index (κ3) is 4.60. The summed E-state index contributed by atoms with van der Waals surface area (Å²) >= 11 is 0. The fourth-order valence-electron chi connectivity index (χ4n) is 3.16. The second-order valence-electron chi connectivity index (χ2n) is 6.65. The Labute approximate surface area is 173 Å². The van der Waals surface area contributed by atoms with Gasteiger partial charge >= 0.3 is 18.0 Å². The van der Waals surface area contributed by atoms with E-state index in [0.717, 1.165) is 11.1 Å². The predicted molar refractivity (Wildman–Crippen MR) is 108 cm³/mol. The maximum Gasteiger partial charge on any atom is 0.337 e. The average Bonchev–Trinajstić information content (AvgIpc) is 2.77. The van der Waals surface area contributed by atoms with Gasteiger partial charge in [0.05, 0.1) is 25.8 Å². The molecule has 2 amide bonds. The first kappa shape index (κ1) is 20.9. The molecule has 0 spiro atoms. The van der Waals surface area contributed by atoms with Crippen molar-refractivity contribution in [3.63, 3.8) is 0 Å². The second kappa shape index (κ2) is 9.13. The Kier molecular flexibility index (Phi) is 6.36. The van der Waals surface area contributed by atoms with E-state index >= 15 is 0 Å². The maximum absolute atomic E-state index is 12.2. The number of nitrogens with one attached hydrogen (secondary N) is 2. The molecule has 2 atom stereocenters. The van der Waals surface area contributed by atoms with Gasteiger partial charge in [0.2, 0.25) is 0 Å². The van der Waals surface area contributed by atoms with E-state index in [9.17, 15) is 14.4 Å². The molecule has 8 nitrogen and oxygen atoms in total. The Bertz CT molecular complexity index is 953. The van der Waals surface area contributed by atoms with Crippen LogP contribution in [0.2, 0.25) is 0 Å². The lowest BCUT2D eigenvalue weighted by atomic mass is 9.89. The summed E-state index contributed by atoms with van der Waals surface area (Å²) in [6.07, 6.45) is 0. The van der Waals surface area contributed by atoms with Crippen molar-refractivity contribution in [2.45, 2.75) is 12.6 Å². The summed E-state index contributed by atoms with van der Waals surface area (Å²) in [4.78, 5) is 35.5. The minimum atomic E-state index is -0.743. The van der Waals surface area contributed by atoms with E-state index in [0.29, 0.717) is 17.9 Å². The predicted octanol–water partition coefficient (Wildman–Crippen LogP) is 2.71. The Morgan fingerprint density at radius 1 is 1.00 bits per heavy atom. The molecule has 1 aliphatic heterocycles. The van der Waals surface area contributed by atoms with Crippen LogP contribution in [0.3, 0.4) is 0 Å². The quantitative estimate of drug-likeness (QED) is 0.710. The number of ether oxygens (including phenoxy) is 3. The lowest BCUT2D eigenvalue weighted by molar-refractivity contribution is -0.145. The number of esters is 2. The Morgan fingerprint density at radius 3 is 2.27 bits per heavy atom. The van der Waals surface area contributed by atoms with Gasteiger partial charge in [-0.25, -0.2) is 9.59 Å². The van der Waals surface area contributed by atoms with Crippen molar-refractivity contribution in [2.75, 3.05) is 14.2 Å². The second-order valence-corrected chi connectivity index (χ2v) is 6.65. The highest BCUT2D eigenvalue weighted by molar-refractivity contribution is 5.89. The summed E-state index contributed by atoms with van der Waals surface area (Å²) in [5.41, 5.74) is 2.36. The fourth-order valence-corrected chi connectivity index (χ4v) is 3.16. The van der Waals surface area contributed by atoms with Crippen LogP contribution in [0.15, 0.2) is 60.8 Å². The lowest BCUT2D eigenvalue weighted by Crippen LogP contribution is -2.50. The Balaban J connectivity index is 1.68. The van der Waals surface area contributed by atoms with Crippen LogP contribution in [-0.2, 0) is 20.9 Å². The number of methoxy groups -OCH3 is 2. The van der Waals surface area contributed by atoms with Gasteiger partial charge in [-0.15, -0.1) is 0 Å². The molecule has 1 saturated heterocycles. The number of hydrogen-bond donors (Lipinski definition) is 2. The van der Waals surface area contributed by atoms with Crippen molar-refractivity contribution >= 4 is 18.0 Å². The van der Waals surface area contributed by atoms with Crippen molar-refractivity contribution < 1.29 is 28.6 Å². The topological polar surface area (TPSA) is 103 Å². The summed E-state index contributed by atoms with van der Waals surface area (Å²) in [6.45, 7) is 4.08. The Hall–Kier alpha value is -3.81. The first-order valence-electron chi connectivity index (χ1n) is 9.17. The van der Waals surface area contributed by atoms with Crippen LogP contribution >= 0.6 is 0 Å². The maximum atomic E-state index is 12.2. The van der Waals surface area contributed by atoms with E-state index in [1.165, 1.54) is 14.2 Å². The molecule has 2 aromatic carbocycles. The van der Waals surface area contributed by atoms with Gasteiger partial charge in [0.15, 0.2) is 0 Å². The molecule has 2 N–H and O–H groups in total. The fraction of sp³-hybridized carbons (Fsp3) is 0.227. The molecular weight excluding hydrogens is 388 g/mol. The van der Waals surface area contributed by atoms with Crippen molar-refractivity contribution in [2.24, 2.45) is 5.92 Å². The molecule has 30 heavy (non-hydrogen) atoms. The molecule has 1 fully saturated rings. The smallest absolute Gasteiger partial charge is 0.337 e. The van der Waals surface area contributed by atoms with Gasteiger partial charge in [-0.2, -0.15) is 0 Å². The Morgan fingerprint density at radius 2 is 1.67 bits per heavy atom. The molecule has 0 unspecified atom stereocenters. The van der Waals surface area contributed by atoms with Crippen LogP contribution in [-0.4, -0.2) is 32.2 Å². The van der Waals surface area contributed by atoms with Crippen molar-refractivity contribution in [3.05, 3.63) is 77.5 Å². The molecule has 156 valence electrons. The zero-order valence-electron chi connectivity index (χ0n) is 16.6. The number of urea groups is 1. The van der Waals surface area contributed by atoms with Crippen molar-refractivity contribution in [3.8, 4) is 5.75 Å². The molecule has 0 aromatic heterocycles. The molecule has 8 heteroatoms. The van der Waals surface area contributed by atoms with Crippen LogP contribution in [0.5, 0.6) is 5.75 Å². The number of benzene rings is 2. The minimum Gasteiger partial charge on any atom is -0.489 e. The highest BCUT2D eigenvalue weighted by Crippen LogP contribution is 2.31. The number of hydrogen-bond acceptors (Lipinski definition) is 6. The van der Waals surface area contributed by atoms with Crippen LogP contribution < -0.4 is 15.4 Å². The molecule has 0 radical (unpaired) electrons. The summed E-state index contributed by atoms with van der Waals surface area (Å²) in [6, 6.07) is 13.0.